The van der Waals surface area contributed by atoms with Crippen molar-refractivity contribution in [2.75, 3.05) is 6.61 Å². The van der Waals surface area contributed by atoms with Crippen LogP contribution < -0.4 is 4.74 Å². The molecule has 0 bridgehead atoms. The molecule has 0 aliphatic carbocycles. The van der Waals surface area contributed by atoms with Gasteiger partial charge in [-0.1, -0.05) is 18.1 Å². The summed E-state index contributed by atoms with van der Waals surface area (Å²) < 4.78 is 9.09. The van der Waals surface area contributed by atoms with E-state index in [9.17, 15) is 0 Å². The number of hydrogen-bond acceptors (Lipinski definition) is 6. The summed E-state index contributed by atoms with van der Waals surface area (Å²) in [6, 6.07) is 26.1. The zero-order valence-corrected chi connectivity index (χ0v) is 28.9. The molecule has 0 aliphatic heterocycles. The molecule has 1 radical (unpaired) electrons. The predicted octanol–water partition coefficient (Wildman–Crippen LogP) is 6.94. The van der Waals surface area contributed by atoms with Crippen LogP contribution >= 0.6 is 0 Å². The number of benzene rings is 1. The number of rotatable bonds is 5. The minimum atomic E-state index is 0. The van der Waals surface area contributed by atoms with Gasteiger partial charge in [-0.15, -0.1) is 42.3 Å². The first kappa shape index (κ1) is 34.6. The van der Waals surface area contributed by atoms with Gasteiger partial charge >= 0.3 is 19.8 Å². The van der Waals surface area contributed by atoms with E-state index < -0.39 is 0 Å². The van der Waals surface area contributed by atoms with Crippen molar-refractivity contribution >= 4 is 0 Å². The molecule has 5 heterocycles. The fraction of sp³-hybridized carbons (Fsp3) is 0.194. The summed E-state index contributed by atoms with van der Waals surface area (Å²) in [5, 5.41) is 8.87. The molecule has 8 nitrogen and oxygen atoms in total. The van der Waals surface area contributed by atoms with Crippen LogP contribution in [-0.2, 0) is 19.8 Å². The van der Waals surface area contributed by atoms with E-state index in [0.29, 0.717) is 0 Å². The number of aryl methyl sites for hydroxylation is 2. The van der Waals surface area contributed by atoms with E-state index in [-0.39, 0.29) is 26.4 Å². The van der Waals surface area contributed by atoms with Crippen LogP contribution in [0.2, 0.25) is 0 Å². The number of ether oxygens (including phenoxy) is 1. The Kier molecular flexibility index (Phi) is 12.9. The van der Waals surface area contributed by atoms with Crippen LogP contribution in [0.5, 0.6) is 5.75 Å². The van der Waals surface area contributed by atoms with Gasteiger partial charge in [0.2, 0.25) is 0 Å². The molecule has 6 rings (SSSR count). The van der Waals surface area contributed by atoms with Crippen molar-refractivity contribution in [1.82, 2.24) is 34.5 Å². The van der Waals surface area contributed by atoms with E-state index in [4.69, 9.17) is 11.2 Å². The Hall–Kier alpha value is -4.91. The molecule has 9 heteroatoms. The van der Waals surface area contributed by atoms with E-state index in [1.54, 1.807) is 24.7 Å². The molecule has 5 aromatic heterocycles. The molecule has 0 aliphatic rings. The molecule has 0 fully saturated rings. The molecule has 0 saturated heterocycles. The Morgan fingerprint density at radius 2 is 1.27 bits per heavy atom. The van der Waals surface area contributed by atoms with Crippen LogP contribution in [0.25, 0.3) is 22.9 Å². The smallest absolute Gasteiger partial charge is 0.482 e. The van der Waals surface area contributed by atoms with Crippen molar-refractivity contribution in [1.29, 1.82) is 0 Å². The van der Waals surface area contributed by atoms with Crippen molar-refractivity contribution in [3.63, 3.8) is 0 Å². The van der Waals surface area contributed by atoms with E-state index in [1.807, 2.05) is 89.9 Å². The first-order valence-corrected chi connectivity index (χ1v) is 14.2. The van der Waals surface area contributed by atoms with E-state index in [1.165, 1.54) is 11.1 Å². The van der Waals surface area contributed by atoms with Gasteiger partial charge in [-0.3, -0.25) is 0 Å². The van der Waals surface area contributed by atoms with Gasteiger partial charge in [0.25, 0.3) is 0 Å². The largest absolute Gasteiger partial charge is 1.00 e. The fourth-order valence-electron chi connectivity index (χ4n) is 4.17. The van der Waals surface area contributed by atoms with Crippen LogP contribution in [0.3, 0.4) is 0 Å². The molecule has 45 heavy (non-hydrogen) atoms. The van der Waals surface area contributed by atoms with Crippen LogP contribution in [0, 0.1) is 60.0 Å². The molecular formula is C36H36N7OOs. The summed E-state index contributed by atoms with van der Waals surface area (Å²) >= 11 is 0. The van der Waals surface area contributed by atoms with Crippen LogP contribution in [0.15, 0.2) is 91.4 Å². The molecular weight excluding hydrogens is 737 g/mol. The molecule has 6 aromatic rings. The summed E-state index contributed by atoms with van der Waals surface area (Å²) in [7, 11) is 0. The number of nitrogens with zero attached hydrogens (tertiary/aromatic N) is 7. The Balaban J connectivity index is 0.000000183. The van der Waals surface area contributed by atoms with Crippen molar-refractivity contribution in [2.45, 2.75) is 41.5 Å². The van der Waals surface area contributed by atoms with Gasteiger partial charge in [0, 0.05) is 30.0 Å². The molecule has 0 N–H and O–H groups in total. The maximum Gasteiger partial charge on any atom is 1.00 e. The number of aromatic nitrogens is 7. The zero-order chi connectivity index (χ0) is 31.5. The van der Waals surface area contributed by atoms with Crippen LogP contribution in [0.4, 0.5) is 0 Å². The second kappa shape index (κ2) is 16.8. The number of terminal acetylenes is 1. The van der Waals surface area contributed by atoms with Gasteiger partial charge in [0.05, 0.1) is 11.4 Å². The predicted molar refractivity (Wildman–Crippen MR) is 174 cm³/mol. The van der Waals surface area contributed by atoms with Gasteiger partial charge in [0.15, 0.2) is 11.6 Å². The maximum atomic E-state index is 5.33. The minimum Gasteiger partial charge on any atom is -0.482 e. The Bertz CT molecular complexity index is 1740. The summed E-state index contributed by atoms with van der Waals surface area (Å²) in [6.45, 7) is 12.6. The third kappa shape index (κ3) is 9.05. The average Bonchev–Trinajstić information content (AvgIpc) is 3.49. The Morgan fingerprint density at radius 1 is 0.711 bits per heavy atom. The maximum absolute atomic E-state index is 5.33. The third-order valence-electron chi connectivity index (χ3n) is 7.08. The van der Waals surface area contributed by atoms with Gasteiger partial charge in [-0.25, -0.2) is 19.3 Å². The molecule has 0 saturated carbocycles. The summed E-state index contributed by atoms with van der Waals surface area (Å²) in [5.74, 6) is 4.90. The van der Waals surface area contributed by atoms with Gasteiger partial charge in [-0.2, -0.15) is 10.2 Å². The van der Waals surface area contributed by atoms with Crippen LogP contribution in [0.1, 0.15) is 33.9 Å². The first-order valence-electron chi connectivity index (χ1n) is 14.2. The van der Waals surface area contributed by atoms with Crippen molar-refractivity contribution in [3.8, 4) is 41.0 Å². The Morgan fingerprint density at radius 3 is 1.69 bits per heavy atom. The first-order chi connectivity index (χ1) is 21.3. The summed E-state index contributed by atoms with van der Waals surface area (Å²) in [5.41, 5.74) is 8.67. The quantitative estimate of drug-likeness (QED) is 0.140. The third-order valence-corrected chi connectivity index (χ3v) is 7.08. The van der Waals surface area contributed by atoms with Crippen molar-refractivity contribution < 1.29 is 24.5 Å². The number of hydrogen-bond donors (Lipinski definition) is 0. The molecule has 0 amide bonds. The topological polar surface area (TPSA) is 83.5 Å². The molecule has 1 aromatic carbocycles. The molecule has 0 unspecified atom stereocenters. The SMILES string of the molecule is C#CCOc1ccnc(-c2[c-]cccc2)c1.Cc1nn(-c2ccccn2)c(C)c1C.Cc1nn(-c2ccccn2)c(C)c1C.[Os+]. The second-order valence-corrected chi connectivity index (χ2v) is 9.94. The average molecular weight is 773 g/mol. The van der Waals surface area contributed by atoms with Gasteiger partial charge in [0.1, 0.15) is 12.4 Å². The molecule has 0 spiro atoms. The van der Waals surface area contributed by atoms with Crippen LogP contribution in [-0.4, -0.2) is 41.1 Å². The summed E-state index contributed by atoms with van der Waals surface area (Å²) in [4.78, 5) is 12.8. The molecule has 0 atom stereocenters. The fourth-order valence-corrected chi connectivity index (χ4v) is 4.17. The van der Waals surface area contributed by atoms with E-state index in [0.717, 1.165) is 51.4 Å². The van der Waals surface area contributed by atoms with Crippen molar-refractivity contribution in [3.05, 3.63) is 131 Å². The minimum absolute atomic E-state index is 0. The second-order valence-electron chi connectivity index (χ2n) is 9.94. The molecule has 229 valence electrons. The Labute approximate surface area is 278 Å². The van der Waals surface area contributed by atoms with Gasteiger partial charge in [-0.05, 0) is 94.8 Å². The van der Waals surface area contributed by atoms with E-state index in [2.05, 4.69) is 64.8 Å². The normalized spacial score (nSPS) is 9.89. The van der Waals surface area contributed by atoms with Crippen molar-refractivity contribution in [2.24, 2.45) is 0 Å². The summed E-state index contributed by atoms with van der Waals surface area (Å²) in [6.07, 6.45) is 10.4. The standard InChI is InChI=1S/C14H10NO.2C11H13N3.Os/c1-2-10-16-13-8-9-15-14(11-13)12-6-4-3-5-7-12;2*1-8-9(2)13-14(10(8)3)11-6-4-5-7-12-11;/h1,3-6,8-9,11H,10H2;2*4-7H,1-3H3;/q-1;;;+1. The monoisotopic (exact) mass is 774 g/mol. The number of pyridine rings is 3. The van der Waals surface area contributed by atoms with E-state index >= 15 is 0 Å². The zero-order valence-electron chi connectivity index (χ0n) is 26.3. The van der Waals surface area contributed by atoms with Gasteiger partial charge < -0.3 is 9.72 Å².